The fraction of sp³-hybridized carbons (Fsp3) is 0.692. The van der Waals surface area contributed by atoms with Crippen molar-refractivity contribution in [1.82, 2.24) is 10.2 Å². The van der Waals surface area contributed by atoms with Crippen LogP contribution < -0.4 is 5.56 Å². The molecule has 0 aliphatic carbocycles. The van der Waals surface area contributed by atoms with Gasteiger partial charge in [-0.1, -0.05) is 41.5 Å². The lowest BCUT2D eigenvalue weighted by atomic mass is 9.94. The monoisotopic (exact) mass is 224 g/mol. The molecule has 0 unspecified atom stereocenters. The minimum Gasteiger partial charge on any atom is -0.268 e. The summed E-state index contributed by atoms with van der Waals surface area (Å²) in [4.78, 5) is 11.5. The van der Waals surface area contributed by atoms with Crippen LogP contribution in [0.15, 0.2) is 4.79 Å². The number of H-pyrrole nitrogens is 1. The van der Waals surface area contributed by atoms with Crippen LogP contribution in [-0.4, -0.2) is 10.2 Å². The van der Waals surface area contributed by atoms with E-state index in [1.807, 2.05) is 20.8 Å². The van der Waals surface area contributed by atoms with Gasteiger partial charge in [-0.3, -0.25) is 4.79 Å². The van der Waals surface area contributed by atoms with E-state index in [1.54, 1.807) is 0 Å². The van der Waals surface area contributed by atoms with E-state index in [0.717, 1.165) is 29.7 Å². The van der Waals surface area contributed by atoms with Gasteiger partial charge in [0.25, 0.3) is 5.56 Å². The molecular weight excluding hydrogens is 200 g/mol. The van der Waals surface area contributed by atoms with Crippen molar-refractivity contribution in [1.29, 1.82) is 0 Å². The Labute approximate surface area is 98.3 Å². The van der Waals surface area contributed by atoms with Crippen molar-refractivity contribution in [2.45, 2.75) is 60.3 Å². The van der Waals surface area contributed by atoms with E-state index in [-0.39, 0.29) is 5.56 Å². The molecule has 0 amide bonds. The normalized spacial score (nSPS) is 9.94. The molecule has 0 aromatic carbocycles. The predicted molar refractivity (Wildman–Crippen MR) is 69.1 cm³/mol. The fourth-order valence-corrected chi connectivity index (χ4v) is 1.84. The van der Waals surface area contributed by atoms with Crippen molar-refractivity contribution < 1.29 is 0 Å². The first-order chi connectivity index (χ1) is 7.61. The molecule has 0 saturated heterocycles. The molecule has 3 heteroatoms. The molecule has 0 aliphatic rings. The first kappa shape index (κ1) is 14.9. The standard InChI is InChI=1S/C11H18N2O.C2H6/c1-5-8-10(7(3)4)9(6-2)12-13-11(8)14;1-2/h7H,5-6H2,1-4H3,(H,13,14);1-2H3. The van der Waals surface area contributed by atoms with Crippen LogP contribution in [0, 0.1) is 0 Å². The summed E-state index contributed by atoms with van der Waals surface area (Å²) in [6.07, 6.45) is 1.65. The number of aromatic nitrogens is 2. The average Bonchev–Trinajstić information content (AvgIpc) is 2.31. The highest BCUT2D eigenvalue weighted by atomic mass is 16.1. The highest BCUT2D eigenvalue weighted by Crippen LogP contribution is 2.20. The molecule has 1 N–H and O–H groups in total. The Morgan fingerprint density at radius 1 is 1.19 bits per heavy atom. The summed E-state index contributed by atoms with van der Waals surface area (Å²) >= 11 is 0. The zero-order chi connectivity index (χ0) is 12.7. The molecule has 0 bridgehead atoms. The van der Waals surface area contributed by atoms with Crippen molar-refractivity contribution in [3.8, 4) is 0 Å². The highest BCUT2D eigenvalue weighted by molar-refractivity contribution is 5.30. The number of aromatic amines is 1. The third-order valence-corrected chi connectivity index (χ3v) is 2.47. The molecule has 1 aromatic rings. The van der Waals surface area contributed by atoms with Gasteiger partial charge in [0, 0.05) is 5.56 Å². The second kappa shape index (κ2) is 7.20. The number of nitrogens with one attached hydrogen (secondary N) is 1. The number of rotatable bonds is 3. The van der Waals surface area contributed by atoms with Crippen LogP contribution >= 0.6 is 0 Å². The zero-order valence-electron chi connectivity index (χ0n) is 11.3. The zero-order valence-corrected chi connectivity index (χ0v) is 11.3. The summed E-state index contributed by atoms with van der Waals surface area (Å²) in [6.45, 7) is 12.3. The van der Waals surface area contributed by atoms with Crippen LogP contribution in [0.4, 0.5) is 0 Å². The molecule has 0 aliphatic heterocycles. The molecule has 16 heavy (non-hydrogen) atoms. The second-order valence-corrected chi connectivity index (χ2v) is 3.75. The van der Waals surface area contributed by atoms with E-state index >= 15 is 0 Å². The van der Waals surface area contributed by atoms with Crippen molar-refractivity contribution in [3.63, 3.8) is 0 Å². The van der Waals surface area contributed by atoms with Crippen molar-refractivity contribution in [2.75, 3.05) is 0 Å². The predicted octanol–water partition coefficient (Wildman–Crippen LogP) is 3.04. The topological polar surface area (TPSA) is 45.8 Å². The van der Waals surface area contributed by atoms with E-state index in [1.165, 1.54) is 0 Å². The van der Waals surface area contributed by atoms with Crippen molar-refractivity contribution >= 4 is 0 Å². The van der Waals surface area contributed by atoms with Gasteiger partial charge in [0.15, 0.2) is 0 Å². The summed E-state index contributed by atoms with van der Waals surface area (Å²) in [5.41, 5.74) is 3.02. The highest BCUT2D eigenvalue weighted by Gasteiger charge is 2.14. The summed E-state index contributed by atoms with van der Waals surface area (Å²) < 4.78 is 0. The Bertz CT molecular complexity index is 367. The average molecular weight is 224 g/mol. The summed E-state index contributed by atoms with van der Waals surface area (Å²) in [7, 11) is 0. The molecule has 3 nitrogen and oxygen atoms in total. The van der Waals surface area contributed by atoms with Crippen LogP contribution in [0.25, 0.3) is 0 Å². The van der Waals surface area contributed by atoms with Crippen LogP contribution in [0.2, 0.25) is 0 Å². The maximum absolute atomic E-state index is 11.5. The van der Waals surface area contributed by atoms with Gasteiger partial charge in [-0.2, -0.15) is 5.10 Å². The number of aryl methyl sites for hydroxylation is 1. The van der Waals surface area contributed by atoms with Gasteiger partial charge in [0.05, 0.1) is 5.69 Å². The van der Waals surface area contributed by atoms with E-state index < -0.39 is 0 Å². The van der Waals surface area contributed by atoms with Gasteiger partial charge < -0.3 is 0 Å². The fourth-order valence-electron chi connectivity index (χ4n) is 1.84. The lowest BCUT2D eigenvalue weighted by Crippen LogP contribution is -2.20. The number of hydrogen-bond donors (Lipinski definition) is 1. The first-order valence-electron chi connectivity index (χ1n) is 6.22. The SMILES string of the molecule is CC.CCc1n[nH]c(=O)c(CC)c1C(C)C. The Balaban J connectivity index is 0.00000106. The maximum atomic E-state index is 11.5. The van der Waals surface area contributed by atoms with E-state index in [9.17, 15) is 4.79 Å². The van der Waals surface area contributed by atoms with E-state index in [0.29, 0.717) is 5.92 Å². The Morgan fingerprint density at radius 3 is 2.12 bits per heavy atom. The molecule has 0 saturated carbocycles. The third kappa shape index (κ3) is 3.19. The van der Waals surface area contributed by atoms with E-state index in [2.05, 4.69) is 31.0 Å². The summed E-state index contributed by atoms with van der Waals surface area (Å²) in [5.74, 6) is 0.370. The molecule has 0 atom stereocenters. The van der Waals surface area contributed by atoms with Crippen molar-refractivity contribution in [3.05, 3.63) is 27.2 Å². The molecule has 1 rings (SSSR count). The minimum atomic E-state index is -0.0339. The van der Waals surface area contributed by atoms with Gasteiger partial charge >= 0.3 is 0 Å². The van der Waals surface area contributed by atoms with Crippen LogP contribution in [0.3, 0.4) is 0 Å². The van der Waals surface area contributed by atoms with Gasteiger partial charge in [-0.25, -0.2) is 5.10 Å². The molecule has 92 valence electrons. The van der Waals surface area contributed by atoms with Gasteiger partial charge in [0.2, 0.25) is 0 Å². The third-order valence-electron chi connectivity index (χ3n) is 2.47. The number of nitrogens with zero attached hydrogens (tertiary/aromatic N) is 1. The molecule has 1 aromatic heterocycles. The van der Waals surface area contributed by atoms with Crippen LogP contribution in [-0.2, 0) is 12.8 Å². The lowest BCUT2D eigenvalue weighted by Gasteiger charge is -2.13. The Morgan fingerprint density at radius 2 is 1.75 bits per heavy atom. The van der Waals surface area contributed by atoms with Gasteiger partial charge in [-0.05, 0) is 24.3 Å². The Hall–Kier alpha value is -1.12. The van der Waals surface area contributed by atoms with Crippen molar-refractivity contribution in [2.24, 2.45) is 0 Å². The summed E-state index contributed by atoms with van der Waals surface area (Å²) in [5, 5.41) is 6.65. The van der Waals surface area contributed by atoms with Crippen LogP contribution in [0.1, 0.15) is 64.3 Å². The first-order valence-corrected chi connectivity index (χ1v) is 6.22. The molecule has 0 spiro atoms. The summed E-state index contributed by atoms with van der Waals surface area (Å²) in [6, 6.07) is 0. The molecule has 0 radical (unpaired) electrons. The van der Waals surface area contributed by atoms with Gasteiger partial charge in [0.1, 0.15) is 0 Å². The maximum Gasteiger partial charge on any atom is 0.267 e. The molecule has 0 fully saturated rings. The van der Waals surface area contributed by atoms with Crippen LogP contribution in [0.5, 0.6) is 0 Å². The van der Waals surface area contributed by atoms with Gasteiger partial charge in [-0.15, -0.1) is 0 Å². The van der Waals surface area contributed by atoms with E-state index in [4.69, 9.17) is 0 Å². The molecular formula is C13H24N2O. The minimum absolute atomic E-state index is 0.0339. The quantitative estimate of drug-likeness (QED) is 0.857. The smallest absolute Gasteiger partial charge is 0.267 e. The number of hydrogen-bond acceptors (Lipinski definition) is 2. The molecule has 1 heterocycles. The lowest BCUT2D eigenvalue weighted by molar-refractivity contribution is 0.759. The Kier molecular flexibility index (Phi) is 6.70. The second-order valence-electron chi connectivity index (χ2n) is 3.75. The largest absolute Gasteiger partial charge is 0.268 e.